The summed E-state index contributed by atoms with van der Waals surface area (Å²) in [5, 5.41) is 5.68. The number of aryl methyl sites for hydroxylation is 4. The Bertz CT molecular complexity index is 1990. The van der Waals surface area contributed by atoms with Crippen molar-refractivity contribution in [2.75, 3.05) is 0 Å². The van der Waals surface area contributed by atoms with Gasteiger partial charge in [0.25, 0.3) is 0 Å². The number of fused-ring (bicyclic) bond motifs is 8. The molecule has 0 unspecified atom stereocenters. The minimum Gasteiger partial charge on any atom is -0.0581 e. The third-order valence-corrected chi connectivity index (χ3v) is 11.5. The van der Waals surface area contributed by atoms with Crippen molar-refractivity contribution in [3.63, 3.8) is 0 Å². The van der Waals surface area contributed by atoms with Gasteiger partial charge in [0.1, 0.15) is 0 Å². The van der Waals surface area contributed by atoms with Crippen LogP contribution in [0.4, 0.5) is 0 Å². The average molecular weight is 541 g/mol. The van der Waals surface area contributed by atoms with Crippen LogP contribution in [-0.2, 0) is 12.8 Å². The molecule has 3 aliphatic rings. The number of hydrogen-bond donors (Lipinski definition) is 0. The molecule has 0 bridgehead atoms. The van der Waals surface area contributed by atoms with Crippen LogP contribution < -0.4 is 0 Å². The van der Waals surface area contributed by atoms with Crippen molar-refractivity contribution >= 4 is 21.5 Å². The molecule has 6 aromatic carbocycles. The lowest BCUT2D eigenvalue weighted by atomic mass is 9.73. The Balaban J connectivity index is 1.35. The molecule has 0 saturated heterocycles. The largest absolute Gasteiger partial charge is 0.0581 e. The predicted molar refractivity (Wildman–Crippen MR) is 180 cm³/mol. The highest BCUT2D eigenvalue weighted by Gasteiger charge is 2.36. The second-order valence-electron chi connectivity index (χ2n) is 13.5. The lowest BCUT2D eigenvalue weighted by molar-refractivity contribution is 0.952. The summed E-state index contributed by atoms with van der Waals surface area (Å²) in [5.74, 6) is 0. The van der Waals surface area contributed by atoms with Gasteiger partial charge in [-0.05, 0) is 201 Å². The molecule has 0 fully saturated rings. The van der Waals surface area contributed by atoms with Gasteiger partial charge in [-0.2, -0.15) is 0 Å². The van der Waals surface area contributed by atoms with Crippen LogP contribution in [0, 0.1) is 55.4 Å². The van der Waals surface area contributed by atoms with Gasteiger partial charge in [-0.15, -0.1) is 0 Å². The molecule has 42 heavy (non-hydrogen) atoms. The van der Waals surface area contributed by atoms with E-state index < -0.39 is 0 Å². The molecule has 0 spiro atoms. The maximum atomic E-state index is 2.42. The van der Waals surface area contributed by atoms with Crippen molar-refractivity contribution in [3.05, 3.63) is 115 Å². The first-order valence-electron chi connectivity index (χ1n) is 15.6. The molecule has 0 radical (unpaired) electrons. The zero-order valence-electron chi connectivity index (χ0n) is 26.0. The van der Waals surface area contributed by atoms with Gasteiger partial charge in [0.15, 0.2) is 0 Å². The topological polar surface area (TPSA) is 0 Å². The SMILES string of the molecule is Cc1ccc2ccc(C)c3c2c1-c1c(C)c2c(c(C)c1-3)Cc1c(C)c3c(c(C)c1C2)-c1c(C)ccc2ccc(C)c-3c12. The van der Waals surface area contributed by atoms with Gasteiger partial charge in [0.05, 0.1) is 0 Å². The molecule has 0 heterocycles. The number of rotatable bonds is 0. The van der Waals surface area contributed by atoms with Gasteiger partial charge in [-0.1, -0.05) is 48.5 Å². The fraction of sp³-hybridized carbons (Fsp3) is 0.238. The highest BCUT2D eigenvalue weighted by molar-refractivity contribution is 6.20. The molecule has 0 nitrogen and oxygen atoms in total. The normalized spacial score (nSPS) is 13.5. The van der Waals surface area contributed by atoms with Crippen molar-refractivity contribution in [3.8, 4) is 44.5 Å². The molecular formula is C42H36. The van der Waals surface area contributed by atoms with Crippen LogP contribution in [0.25, 0.3) is 66.1 Å². The molecule has 9 rings (SSSR count). The summed E-state index contributed by atoms with van der Waals surface area (Å²) in [7, 11) is 0. The molecule has 0 aromatic heterocycles. The fourth-order valence-electron chi connectivity index (χ4n) is 9.36. The second-order valence-corrected chi connectivity index (χ2v) is 13.5. The van der Waals surface area contributed by atoms with E-state index in [1.807, 2.05) is 0 Å². The zero-order valence-corrected chi connectivity index (χ0v) is 26.0. The molecule has 0 saturated carbocycles. The van der Waals surface area contributed by atoms with Gasteiger partial charge in [0.2, 0.25) is 0 Å². The summed E-state index contributed by atoms with van der Waals surface area (Å²) in [6, 6.07) is 18.6. The van der Waals surface area contributed by atoms with Crippen LogP contribution in [0.15, 0.2) is 48.5 Å². The standard InChI is InChI=1S/C42H36/c1-19-9-13-27-14-10-20(2)34-38-24(6)30-18-32-26(8)40-36-22(4)12-16-28-15-11-21(3)35(42(28)36)39(40)25(7)31(32)17-29(30)23(5)37(38)33(19)41(27)34/h9-16H,17-18H2,1-8H3. The van der Waals surface area contributed by atoms with E-state index in [0.717, 1.165) is 12.8 Å². The molecule has 6 aromatic rings. The zero-order chi connectivity index (χ0) is 28.9. The minimum absolute atomic E-state index is 1.03. The molecule has 3 aliphatic carbocycles. The van der Waals surface area contributed by atoms with Crippen molar-refractivity contribution in [2.24, 2.45) is 0 Å². The number of benzene rings is 6. The monoisotopic (exact) mass is 540 g/mol. The van der Waals surface area contributed by atoms with Gasteiger partial charge in [-0.3, -0.25) is 0 Å². The van der Waals surface area contributed by atoms with Crippen LogP contribution in [0.2, 0.25) is 0 Å². The van der Waals surface area contributed by atoms with Crippen LogP contribution in [0.5, 0.6) is 0 Å². The number of hydrogen-bond acceptors (Lipinski definition) is 0. The quantitative estimate of drug-likeness (QED) is 0.179. The van der Waals surface area contributed by atoms with Crippen LogP contribution in [-0.4, -0.2) is 0 Å². The second kappa shape index (κ2) is 7.81. The Morgan fingerprint density at radius 3 is 0.786 bits per heavy atom. The first-order chi connectivity index (χ1) is 20.2. The smallest absolute Gasteiger partial charge is 0.00142 e. The first-order valence-corrected chi connectivity index (χ1v) is 15.6. The summed E-state index contributed by atoms with van der Waals surface area (Å²) in [6.07, 6.45) is 2.05. The Kier molecular flexibility index (Phi) is 4.54. The molecule has 0 N–H and O–H groups in total. The van der Waals surface area contributed by atoms with E-state index >= 15 is 0 Å². The third kappa shape index (κ3) is 2.66. The lowest BCUT2D eigenvalue weighted by Crippen LogP contribution is -2.16. The van der Waals surface area contributed by atoms with E-state index in [-0.39, 0.29) is 0 Å². The Hall–Kier alpha value is -4.16. The van der Waals surface area contributed by atoms with Gasteiger partial charge >= 0.3 is 0 Å². The van der Waals surface area contributed by atoms with Crippen molar-refractivity contribution in [1.82, 2.24) is 0 Å². The summed E-state index contributed by atoms with van der Waals surface area (Å²) >= 11 is 0. The van der Waals surface area contributed by atoms with E-state index in [1.165, 1.54) is 111 Å². The van der Waals surface area contributed by atoms with Gasteiger partial charge in [-0.25, -0.2) is 0 Å². The lowest BCUT2D eigenvalue weighted by Gasteiger charge is -2.31. The summed E-state index contributed by atoms with van der Waals surface area (Å²) < 4.78 is 0. The Morgan fingerprint density at radius 1 is 0.310 bits per heavy atom. The summed E-state index contributed by atoms with van der Waals surface area (Å²) in [6.45, 7) is 18.9. The van der Waals surface area contributed by atoms with Gasteiger partial charge < -0.3 is 0 Å². The van der Waals surface area contributed by atoms with E-state index in [0.29, 0.717) is 0 Å². The van der Waals surface area contributed by atoms with E-state index in [1.54, 1.807) is 22.3 Å². The molecule has 0 heteroatoms. The molecule has 0 atom stereocenters. The minimum atomic E-state index is 1.03. The predicted octanol–water partition coefficient (Wildman–Crippen LogP) is 11.3. The van der Waals surface area contributed by atoms with Crippen LogP contribution >= 0.6 is 0 Å². The maximum absolute atomic E-state index is 2.42. The van der Waals surface area contributed by atoms with E-state index in [4.69, 9.17) is 0 Å². The third-order valence-electron chi connectivity index (χ3n) is 11.5. The van der Waals surface area contributed by atoms with Gasteiger partial charge in [0, 0.05) is 0 Å². The Morgan fingerprint density at radius 2 is 0.548 bits per heavy atom. The Labute approximate surface area is 249 Å². The molecule has 0 aliphatic heterocycles. The van der Waals surface area contributed by atoms with E-state index in [9.17, 15) is 0 Å². The van der Waals surface area contributed by atoms with Crippen LogP contribution in [0.1, 0.15) is 66.8 Å². The van der Waals surface area contributed by atoms with E-state index in [2.05, 4.69) is 104 Å². The maximum Gasteiger partial charge on any atom is -0.00142 e. The summed E-state index contributed by atoms with van der Waals surface area (Å²) in [4.78, 5) is 0. The van der Waals surface area contributed by atoms with Crippen molar-refractivity contribution in [1.29, 1.82) is 0 Å². The summed E-state index contributed by atoms with van der Waals surface area (Å²) in [5.41, 5.74) is 29.8. The first kappa shape index (κ1) is 24.4. The fourth-order valence-corrected chi connectivity index (χ4v) is 9.36. The van der Waals surface area contributed by atoms with Crippen LogP contribution in [0.3, 0.4) is 0 Å². The molecular weight excluding hydrogens is 504 g/mol. The molecule has 204 valence electrons. The molecule has 0 amide bonds. The van der Waals surface area contributed by atoms with Crippen molar-refractivity contribution in [2.45, 2.75) is 68.2 Å². The average Bonchev–Trinajstić information content (AvgIpc) is 3.54. The highest BCUT2D eigenvalue weighted by atomic mass is 14.4. The highest BCUT2D eigenvalue weighted by Crippen LogP contribution is 2.58. The van der Waals surface area contributed by atoms with Crippen molar-refractivity contribution < 1.29 is 0 Å².